The number of aliphatic imine (C=N–C) groups is 1. The minimum Gasteiger partial charge on any atom is -0.394 e. The van der Waals surface area contributed by atoms with Crippen LogP contribution in [-0.2, 0) is 10.4 Å². The van der Waals surface area contributed by atoms with E-state index in [-0.39, 0.29) is 6.61 Å². The summed E-state index contributed by atoms with van der Waals surface area (Å²) in [7, 11) is -4.67. The van der Waals surface area contributed by atoms with Gasteiger partial charge < -0.3 is 10.4 Å². The van der Waals surface area contributed by atoms with Crippen molar-refractivity contribution >= 4 is 16.4 Å². The maximum Gasteiger partial charge on any atom is 0.394 e. The SMILES string of the molecule is NN(CCO)C1=NCCN1.O=S(=O)(O)O. The number of aliphatic hydroxyl groups is 1. The van der Waals surface area contributed by atoms with E-state index < -0.39 is 10.4 Å². The summed E-state index contributed by atoms with van der Waals surface area (Å²) in [6.07, 6.45) is 0. The zero-order valence-electron chi connectivity index (χ0n) is 7.87. The number of hydrazine groups is 1. The lowest BCUT2D eigenvalue weighted by Crippen LogP contribution is -2.45. The summed E-state index contributed by atoms with van der Waals surface area (Å²) in [4.78, 5) is 4.05. The van der Waals surface area contributed by atoms with Gasteiger partial charge in [0.05, 0.1) is 19.7 Å². The van der Waals surface area contributed by atoms with Gasteiger partial charge in [-0.25, -0.2) is 5.84 Å². The monoisotopic (exact) mass is 242 g/mol. The number of nitrogens with zero attached hydrogens (tertiary/aromatic N) is 2. The van der Waals surface area contributed by atoms with Crippen molar-refractivity contribution in [2.24, 2.45) is 10.8 Å². The second-order valence-corrected chi connectivity index (χ2v) is 3.39. The van der Waals surface area contributed by atoms with Gasteiger partial charge in [-0.1, -0.05) is 0 Å². The highest BCUT2D eigenvalue weighted by molar-refractivity contribution is 7.79. The number of nitrogens with two attached hydrogens (primary N) is 1. The molecule has 1 aliphatic heterocycles. The van der Waals surface area contributed by atoms with Crippen LogP contribution in [0.4, 0.5) is 0 Å². The van der Waals surface area contributed by atoms with Gasteiger partial charge in [0.25, 0.3) is 0 Å². The van der Waals surface area contributed by atoms with E-state index in [9.17, 15) is 0 Å². The van der Waals surface area contributed by atoms with Crippen molar-refractivity contribution in [3.05, 3.63) is 0 Å². The fourth-order valence-electron chi connectivity index (χ4n) is 0.791. The quantitative estimate of drug-likeness (QED) is 0.202. The lowest BCUT2D eigenvalue weighted by Gasteiger charge is -2.16. The van der Waals surface area contributed by atoms with Crippen LogP contribution < -0.4 is 11.2 Å². The standard InChI is InChI=1S/C5H12N4O.H2O4S/c6-9(3-4-10)5-7-1-2-8-5;1-5(2,3)4/h10H,1-4,6H2,(H,7,8);(H2,1,2,3,4). The molecule has 1 rings (SSSR count). The number of nitrogens with one attached hydrogen (secondary N) is 1. The summed E-state index contributed by atoms with van der Waals surface area (Å²) in [6, 6.07) is 0. The molecule has 0 amide bonds. The van der Waals surface area contributed by atoms with E-state index >= 15 is 0 Å². The molecule has 1 heterocycles. The molecular weight excluding hydrogens is 228 g/mol. The van der Waals surface area contributed by atoms with E-state index in [4.69, 9.17) is 28.5 Å². The van der Waals surface area contributed by atoms with Crippen LogP contribution in [0.1, 0.15) is 0 Å². The Bertz CT molecular complexity index is 295. The molecule has 0 aliphatic carbocycles. The molecule has 9 nitrogen and oxygen atoms in total. The van der Waals surface area contributed by atoms with Crippen LogP contribution in [-0.4, -0.2) is 59.8 Å². The molecule has 0 aromatic rings. The Morgan fingerprint density at radius 1 is 1.53 bits per heavy atom. The van der Waals surface area contributed by atoms with E-state index in [0.717, 1.165) is 13.1 Å². The highest BCUT2D eigenvalue weighted by atomic mass is 32.3. The van der Waals surface area contributed by atoms with E-state index in [1.54, 1.807) is 0 Å². The molecule has 0 aromatic heterocycles. The largest absolute Gasteiger partial charge is 0.394 e. The molecule has 0 aromatic carbocycles. The zero-order valence-corrected chi connectivity index (χ0v) is 8.68. The maximum atomic E-state index is 8.74. The Morgan fingerprint density at radius 3 is 2.40 bits per heavy atom. The van der Waals surface area contributed by atoms with Crippen LogP contribution in [0.2, 0.25) is 0 Å². The number of guanidine groups is 1. The molecule has 0 spiro atoms. The van der Waals surface area contributed by atoms with Gasteiger partial charge in [-0.2, -0.15) is 8.42 Å². The number of hydrogen-bond acceptors (Lipinski definition) is 7. The van der Waals surface area contributed by atoms with Crippen molar-refractivity contribution in [2.75, 3.05) is 26.2 Å². The summed E-state index contributed by atoms with van der Waals surface area (Å²) in [6.45, 7) is 2.09. The third kappa shape index (κ3) is 9.37. The maximum absolute atomic E-state index is 8.74. The smallest absolute Gasteiger partial charge is 0.394 e. The van der Waals surface area contributed by atoms with Crippen molar-refractivity contribution in [3.8, 4) is 0 Å². The molecule has 0 fully saturated rings. The molecule has 0 atom stereocenters. The molecule has 0 radical (unpaired) electrons. The van der Waals surface area contributed by atoms with Crippen molar-refractivity contribution in [2.45, 2.75) is 0 Å². The van der Waals surface area contributed by atoms with Gasteiger partial charge >= 0.3 is 10.4 Å². The first-order valence-electron chi connectivity index (χ1n) is 3.96. The van der Waals surface area contributed by atoms with Crippen molar-refractivity contribution in [1.29, 1.82) is 0 Å². The van der Waals surface area contributed by atoms with E-state index in [1.165, 1.54) is 5.01 Å². The second-order valence-electron chi connectivity index (χ2n) is 2.50. The molecule has 0 unspecified atom stereocenters. The summed E-state index contributed by atoms with van der Waals surface area (Å²) in [5.74, 6) is 6.14. The van der Waals surface area contributed by atoms with Crippen LogP contribution in [0.25, 0.3) is 0 Å². The molecular formula is C5H14N4O5S. The Morgan fingerprint density at radius 2 is 2.07 bits per heavy atom. The van der Waals surface area contributed by atoms with Crippen molar-refractivity contribution in [1.82, 2.24) is 10.3 Å². The summed E-state index contributed by atoms with van der Waals surface area (Å²) < 4.78 is 31.6. The molecule has 10 heteroatoms. The van der Waals surface area contributed by atoms with E-state index in [1.807, 2.05) is 0 Å². The molecule has 15 heavy (non-hydrogen) atoms. The van der Waals surface area contributed by atoms with E-state index in [2.05, 4.69) is 10.3 Å². The lowest BCUT2D eigenvalue weighted by molar-refractivity contribution is 0.249. The van der Waals surface area contributed by atoms with Gasteiger partial charge in [-0.15, -0.1) is 0 Å². The Kier molecular flexibility index (Phi) is 6.12. The average Bonchev–Trinajstić information content (AvgIpc) is 2.52. The Balaban J connectivity index is 0.000000336. The normalized spacial score (nSPS) is 14.8. The topological polar surface area (TPSA) is 148 Å². The van der Waals surface area contributed by atoms with Crippen LogP contribution in [0.5, 0.6) is 0 Å². The van der Waals surface area contributed by atoms with Crippen molar-refractivity contribution in [3.63, 3.8) is 0 Å². The summed E-state index contributed by atoms with van der Waals surface area (Å²) in [5.41, 5.74) is 0. The predicted octanol–water partition coefficient (Wildman–Crippen LogP) is -2.54. The van der Waals surface area contributed by atoms with Crippen LogP contribution >= 0.6 is 0 Å². The third-order valence-electron chi connectivity index (χ3n) is 1.27. The first-order valence-corrected chi connectivity index (χ1v) is 5.35. The minimum absolute atomic E-state index is 0.0528. The average molecular weight is 242 g/mol. The third-order valence-corrected chi connectivity index (χ3v) is 1.27. The first kappa shape index (κ1) is 14.1. The predicted molar refractivity (Wildman–Crippen MR) is 52.5 cm³/mol. The molecule has 1 aliphatic rings. The minimum atomic E-state index is -4.67. The van der Waals surface area contributed by atoms with Gasteiger partial charge in [0.2, 0.25) is 5.96 Å². The van der Waals surface area contributed by atoms with Crippen LogP contribution in [0.3, 0.4) is 0 Å². The Hall–Kier alpha value is -0.940. The number of hydrogen-bond donors (Lipinski definition) is 5. The fraction of sp³-hybridized carbons (Fsp3) is 0.800. The van der Waals surface area contributed by atoms with Gasteiger partial charge in [0.15, 0.2) is 0 Å². The first-order chi connectivity index (χ1) is 6.84. The molecule has 0 saturated heterocycles. The molecule has 6 N–H and O–H groups in total. The van der Waals surface area contributed by atoms with Crippen LogP contribution in [0.15, 0.2) is 4.99 Å². The van der Waals surface area contributed by atoms with Crippen LogP contribution in [0, 0.1) is 0 Å². The highest BCUT2D eigenvalue weighted by Gasteiger charge is 2.08. The van der Waals surface area contributed by atoms with E-state index in [0.29, 0.717) is 12.5 Å². The zero-order chi connectivity index (χ0) is 11.9. The second kappa shape index (κ2) is 6.53. The number of aliphatic hydroxyl groups excluding tert-OH is 1. The number of rotatable bonds is 2. The lowest BCUT2D eigenvalue weighted by atomic mass is 10.6. The van der Waals surface area contributed by atoms with Crippen molar-refractivity contribution < 1.29 is 22.6 Å². The Labute approximate surface area is 87.1 Å². The van der Waals surface area contributed by atoms with Gasteiger partial charge in [-0.3, -0.25) is 19.1 Å². The molecule has 90 valence electrons. The van der Waals surface area contributed by atoms with Gasteiger partial charge in [0, 0.05) is 6.54 Å². The molecule has 0 bridgehead atoms. The summed E-state index contributed by atoms with van der Waals surface area (Å²) in [5, 5.41) is 12.9. The summed E-state index contributed by atoms with van der Waals surface area (Å²) >= 11 is 0. The van der Waals surface area contributed by atoms with Gasteiger partial charge in [-0.05, 0) is 0 Å². The van der Waals surface area contributed by atoms with Gasteiger partial charge in [0.1, 0.15) is 0 Å². The fourth-order valence-corrected chi connectivity index (χ4v) is 0.791. The highest BCUT2D eigenvalue weighted by Crippen LogP contribution is 1.87. The molecule has 0 saturated carbocycles.